The van der Waals surface area contributed by atoms with Gasteiger partial charge in [0.05, 0.1) is 4.90 Å². The minimum Gasteiger partial charge on any atom is -0.368 e. The first-order valence-electron chi connectivity index (χ1n) is 12.4. The molecule has 0 saturated carbocycles. The summed E-state index contributed by atoms with van der Waals surface area (Å²) < 4.78 is 77.8. The van der Waals surface area contributed by atoms with Crippen molar-refractivity contribution in [2.24, 2.45) is 0 Å². The van der Waals surface area contributed by atoms with Crippen molar-refractivity contribution in [1.29, 1.82) is 10.8 Å². The van der Waals surface area contributed by atoms with Gasteiger partial charge in [-0.2, -0.15) is 13.2 Å². The number of carbonyl (C=O) groups excluding carboxylic acids is 1. The molecule has 4 rings (SSSR count). The van der Waals surface area contributed by atoms with Crippen LogP contribution in [0.15, 0.2) is 47.4 Å². The molecule has 1 atom stereocenters. The first-order valence-corrected chi connectivity index (χ1v) is 14.7. The summed E-state index contributed by atoms with van der Waals surface area (Å²) in [6, 6.07) is 9.89. The van der Waals surface area contributed by atoms with Gasteiger partial charge in [0, 0.05) is 44.1 Å². The SMILES string of the molecule is C[C@H](C(=O)N1CCN(c2ccc(S(=O)(=O)NC(=N)SC(=N)C(F)(F)F)cc2)CC1)N1CCCc2cc(F)ccc21. The van der Waals surface area contributed by atoms with Crippen LogP contribution in [-0.4, -0.2) is 74.4 Å². The average Bonchev–Trinajstić information content (AvgIpc) is 2.91. The number of benzene rings is 2. The van der Waals surface area contributed by atoms with E-state index in [9.17, 15) is 30.8 Å². The summed E-state index contributed by atoms with van der Waals surface area (Å²) >= 11 is -0.343. The molecule has 2 aliphatic heterocycles. The van der Waals surface area contributed by atoms with E-state index in [1.165, 1.54) is 24.3 Å². The molecule has 0 aromatic heterocycles. The Morgan fingerprint density at radius 1 is 1.02 bits per heavy atom. The predicted molar refractivity (Wildman–Crippen MR) is 146 cm³/mol. The molecule has 0 aliphatic carbocycles. The standard InChI is InChI=1S/C25H28F4N6O3S2/c1-16(35-10-2-3-17-15-18(26)4-9-21(17)35)22(36)34-13-11-33(12-14-34)19-5-7-20(8-6-19)40(37,38)32-24(31)39-23(30)25(27,28)29/h4-9,15-16,30H,2-3,10-14H2,1H3,(H2,31,32)/t16-/m1/s1. The molecular weight excluding hydrogens is 572 g/mol. The first-order chi connectivity index (χ1) is 18.8. The van der Waals surface area contributed by atoms with Crippen molar-refractivity contribution < 1.29 is 30.8 Å². The van der Waals surface area contributed by atoms with Crippen LogP contribution in [0.2, 0.25) is 0 Å². The van der Waals surface area contributed by atoms with Gasteiger partial charge in [-0.1, -0.05) is 0 Å². The topological polar surface area (TPSA) is 121 Å². The average molecular weight is 601 g/mol. The fourth-order valence-corrected chi connectivity index (χ4v) is 6.45. The summed E-state index contributed by atoms with van der Waals surface area (Å²) in [5.74, 6) is -0.318. The van der Waals surface area contributed by atoms with Crippen LogP contribution in [0.4, 0.5) is 28.9 Å². The highest BCUT2D eigenvalue weighted by Gasteiger charge is 2.36. The van der Waals surface area contributed by atoms with E-state index < -0.39 is 32.5 Å². The molecule has 3 N–H and O–H groups in total. The smallest absolute Gasteiger partial charge is 0.368 e. The molecule has 0 spiro atoms. The number of sulfonamides is 1. The maximum atomic E-state index is 13.7. The number of nitrogens with one attached hydrogen (secondary N) is 3. The Hall–Kier alpha value is -3.33. The van der Waals surface area contributed by atoms with Crippen LogP contribution in [0.1, 0.15) is 18.9 Å². The van der Waals surface area contributed by atoms with Crippen LogP contribution in [-0.2, 0) is 21.2 Å². The number of hydrogen-bond acceptors (Lipinski definition) is 8. The van der Waals surface area contributed by atoms with Gasteiger partial charge in [0.2, 0.25) is 5.91 Å². The molecule has 40 heavy (non-hydrogen) atoms. The molecule has 2 aromatic rings. The molecule has 9 nitrogen and oxygen atoms in total. The molecule has 0 radical (unpaired) electrons. The van der Waals surface area contributed by atoms with Crippen LogP contribution < -0.4 is 14.5 Å². The lowest BCUT2D eigenvalue weighted by atomic mass is 9.99. The Bertz CT molecular complexity index is 1390. The number of carbonyl (C=O) groups is 1. The van der Waals surface area contributed by atoms with E-state index >= 15 is 0 Å². The van der Waals surface area contributed by atoms with E-state index in [0.717, 1.165) is 24.1 Å². The number of alkyl halides is 3. The predicted octanol–water partition coefficient (Wildman–Crippen LogP) is 3.80. The lowest BCUT2D eigenvalue weighted by Gasteiger charge is -2.41. The number of amides is 1. The van der Waals surface area contributed by atoms with Crippen LogP contribution in [0.25, 0.3) is 0 Å². The molecule has 216 valence electrons. The van der Waals surface area contributed by atoms with Gasteiger partial charge in [-0.3, -0.25) is 20.3 Å². The molecule has 1 fully saturated rings. The molecule has 2 aromatic carbocycles. The van der Waals surface area contributed by atoms with Crippen molar-refractivity contribution in [1.82, 2.24) is 9.62 Å². The van der Waals surface area contributed by atoms with Gasteiger partial charge >= 0.3 is 6.18 Å². The van der Waals surface area contributed by atoms with Gasteiger partial charge in [-0.05, 0) is 79.6 Å². The molecule has 1 amide bonds. The van der Waals surface area contributed by atoms with Crippen LogP contribution in [0.3, 0.4) is 0 Å². The number of thioether (sulfide) groups is 1. The minimum absolute atomic E-state index is 0.0248. The molecule has 2 heterocycles. The third kappa shape index (κ3) is 6.69. The Labute approximate surface area is 233 Å². The maximum Gasteiger partial charge on any atom is 0.439 e. The number of hydrogen-bond donors (Lipinski definition) is 3. The van der Waals surface area contributed by atoms with Gasteiger partial charge < -0.3 is 14.7 Å². The Balaban J connectivity index is 1.33. The van der Waals surface area contributed by atoms with E-state index in [0.29, 0.717) is 38.4 Å². The quantitative estimate of drug-likeness (QED) is 0.273. The number of fused-ring (bicyclic) bond motifs is 1. The van der Waals surface area contributed by atoms with Crippen molar-refractivity contribution in [3.8, 4) is 0 Å². The number of amidine groups is 1. The molecule has 15 heteroatoms. The van der Waals surface area contributed by atoms with Crippen molar-refractivity contribution in [3.63, 3.8) is 0 Å². The molecule has 0 bridgehead atoms. The zero-order valence-corrected chi connectivity index (χ0v) is 23.1. The van der Waals surface area contributed by atoms with Crippen LogP contribution >= 0.6 is 11.8 Å². The first kappa shape index (κ1) is 29.6. The Morgan fingerprint density at radius 2 is 1.68 bits per heavy atom. The lowest BCUT2D eigenvalue weighted by molar-refractivity contribution is -0.132. The summed E-state index contributed by atoms with van der Waals surface area (Å²) in [5, 5.41) is 11.5. The highest BCUT2D eigenvalue weighted by atomic mass is 32.2. The highest BCUT2D eigenvalue weighted by Crippen LogP contribution is 2.30. The third-order valence-electron chi connectivity index (χ3n) is 6.81. The molecule has 2 aliphatic rings. The number of piperazine rings is 1. The van der Waals surface area contributed by atoms with E-state index in [1.807, 2.05) is 16.7 Å². The van der Waals surface area contributed by atoms with Gasteiger partial charge in [0.1, 0.15) is 11.9 Å². The summed E-state index contributed by atoms with van der Waals surface area (Å²) in [7, 11) is -4.32. The van der Waals surface area contributed by atoms with E-state index in [1.54, 1.807) is 27.8 Å². The number of nitrogens with zero attached hydrogens (tertiary/aromatic N) is 3. The maximum absolute atomic E-state index is 13.7. The van der Waals surface area contributed by atoms with Gasteiger partial charge in [0.15, 0.2) is 10.2 Å². The molecular formula is C25H28F4N6O3S2. The molecule has 0 unspecified atom stereocenters. The number of anilines is 2. The third-order valence-corrected chi connectivity index (χ3v) is 9.05. The Kier molecular flexibility index (Phi) is 8.63. The van der Waals surface area contributed by atoms with Gasteiger partial charge in [-0.15, -0.1) is 0 Å². The fourth-order valence-electron chi connectivity index (χ4n) is 4.78. The van der Waals surface area contributed by atoms with E-state index in [4.69, 9.17) is 10.8 Å². The van der Waals surface area contributed by atoms with Crippen molar-refractivity contribution in [2.75, 3.05) is 42.5 Å². The molecule has 1 saturated heterocycles. The van der Waals surface area contributed by atoms with Gasteiger partial charge in [0.25, 0.3) is 10.0 Å². The number of halogens is 4. The summed E-state index contributed by atoms with van der Waals surface area (Å²) in [6.45, 7) is 4.48. The summed E-state index contributed by atoms with van der Waals surface area (Å²) in [5.41, 5.74) is 2.48. The minimum atomic E-state index is -4.98. The van der Waals surface area contributed by atoms with Crippen molar-refractivity contribution in [3.05, 3.63) is 53.8 Å². The number of rotatable bonds is 5. The normalized spacial score (nSPS) is 16.8. The summed E-state index contributed by atoms with van der Waals surface area (Å²) in [6.07, 6.45) is -3.37. The second-order valence-corrected chi connectivity index (χ2v) is 12.1. The van der Waals surface area contributed by atoms with Crippen LogP contribution in [0, 0.1) is 16.6 Å². The highest BCUT2D eigenvalue weighted by molar-refractivity contribution is 8.27. The zero-order valence-electron chi connectivity index (χ0n) is 21.5. The van der Waals surface area contributed by atoms with Crippen molar-refractivity contribution >= 4 is 49.3 Å². The number of aryl methyl sites for hydroxylation is 1. The van der Waals surface area contributed by atoms with Crippen molar-refractivity contribution in [2.45, 2.75) is 36.9 Å². The lowest BCUT2D eigenvalue weighted by Crippen LogP contribution is -2.55. The van der Waals surface area contributed by atoms with Gasteiger partial charge in [-0.25, -0.2) is 12.8 Å². The summed E-state index contributed by atoms with van der Waals surface area (Å²) in [4.78, 5) is 18.8. The largest absolute Gasteiger partial charge is 0.439 e. The van der Waals surface area contributed by atoms with E-state index in [-0.39, 0.29) is 28.4 Å². The van der Waals surface area contributed by atoms with E-state index in [2.05, 4.69) is 0 Å². The monoisotopic (exact) mass is 600 g/mol. The Morgan fingerprint density at radius 3 is 2.30 bits per heavy atom. The zero-order chi connectivity index (χ0) is 29.2. The second kappa shape index (κ2) is 11.6. The second-order valence-electron chi connectivity index (χ2n) is 9.42. The van der Waals surface area contributed by atoms with Crippen LogP contribution in [0.5, 0.6) is 0 Å². The fraction of sp³-hybridized carbons (Fsp3) is 0.400.